The summed E-state index contributed by atoms with van der Waals surface area (Å²) in [6.45, 7) is -11.2. The highest BCUT2D eigenvalue weighted by Crippen LogP contribution is 2.32. The van der Waals surface area contributed by atoms with Crippen LogP contribution in [0.5, 0.6) is 0 Å². The number of fused-ring (bicyclic) bond motifs is 1. The van der Waals surface area contributed by atoms with Crippen molar-refractivity contribution in [2.45, 2.75) is 63.6 Å². The first kappa shape index (κ1) is 15.3. The van der Waals surface area contributed by atoms with E-state index in [-0.39, 0.29) is 22.6 Å². The third-order valence-electron chi connectivity index (χ3n) is 6.23. The summed E-state index contributed by atoms with van der Waals surface area (Å²) < 4.78 is 274. The lowest BCUT2D eigenvalue weighted by Gasteiger charge is -2.28. The Morgan fingerprint density at radius 3 is 2.21 bits per heavy atom. The summed E-state index contributed by atoms with van der Waals surface area (Å²) in [5.41, 5.74) is -15.2. The van der Waals surface area contributed by atoms with Gasteiger partial charge in [0.1, 0.15) is 12.3 Å². The average molecular weight is 706 g/mol. The summed E-state index contributed by atoms with van der Waals surface area (Å²) in [4.78, 5) is 33.1. The quantitative estimate of drug-likeness (QED) is 0.0822. The van der Waals surface area contributed by atoms with Crippen molar-refractivity contribution in [2.75, 3.05) is 26.1 Å². The lowest BCUT2D eigenvalue weighted by atomic mass is 10.0. The van der Waals surface area contributed by atoms with Gasteiger partial charge in [-0.05, 0) is 78.2 Å². The van der Waals surface area contributed by atoms with Crippen LogP contribution in [0.25, 0.3) is 11.1 Å². The van der Waals surface area contributed by atoms with E-state index >= 15 is 4.79 Å². The Morgan fingerprint density at radius 2 is 1.60 bits per heavy atom. The Bertz CT molecular complexity index is 2950. The van der Waals surface area contributed by atoms with E-state index in [1.54, 1.807) is 0 Å². The molecule has 11 heteroatoms. The third kappa shape index (κ3) is 8.73. The molecule has 6 nitrogen and oxygen atoms in total. The Kier molecular flexibility index (Phi) is 4.94. The van der Waals surface area contributed by atoms with Crippen LogP contribution in [0, 0.1) is 11.7 Å². The van der Waals surface area contributed by atoms with Crippen molar-refractivity contribution < 1.29 is 56.6 Å². The molecule has 0 fully saturated rings. The SMILES string of the molecule is [2H]c1c([2H])c(C([2H])([2H])Sc2nc(=O)c3c(n2C([2H])([2H])C(=O)N(Cc2c([2H])c([2H])c(-c4c([2H])c([2H])c(C(F)(F)F)c([2H])c4[2H])c([2H])c2[2H])C([2H])([2H])C([2H])([2H])N(CC)CC)C([2H])([2H])C([2H])(C)C3([2H])[2H])c([2H])c([2H])c1F. The highest BCUT2D eigenvalue weighted by Gasteiger charge is 2.30. The first-order chi connectivity index (χ1) is 32.8. The van der Waals surface area contributed by atoms with Gasteiger partial charge in [-0.3, -0.25) is 9.59 Å². The van der Waals surface area contributed by atoms with Gasteiger partial charge >= 0.3 is 6.18 Å². The molecule has 1 aliphatic rings. The van der Waals surface area contributed by atoms with E-state index in [0.29, 0.717) is 6.92 Å². The van der Waals surface area contributed by atoms with Crippen molar-refractivity contribution in [3.05, 3.63) is 117 Å². The topological polar surface area (TPSA) is 58.4 Å². The predicted octanol–water partition coefficient (Wildman–Crippen LogP) is 7.47. The molecule has 0 N–H and O–H groups in total. The van der Waals surface area contributed by atoms with Crippen LogP contribution in [0.2, 0.25) is 0 Å². The molecule has 5 rings (SSSR count). The van der Waals surface area contributed by atoms with E-state index in [1.165, 1.54) is 13.8 Å². The number of halogens is 4. The monoisotopic (exact) mass is 705 g/mol. The molecule has 1 amide bonds. The second kappa shape index (κ2) is 15.5. The van der Waals surface area contributed by atoms with Gasteiger partial charge in [-0.15, -0.1) is 0 Å². The zero-order valence-electron chi connectivity index (χ0n) is 50.1. The summed E-state index contributed by atoms with van der Waals surface area (Å²) in [6.07, 6.45) is -12.6. The second-order valence-electron chi connectivity index (χ2n) is 9.53. The minimum absolute atomic E-state index is 0.284. The number of rotatable bonds is 13. The molecule has 1 atom stereocenters. The summed E-state index contributed by atoms with van der Waals surface area (Å²) in [5, 5.41) is -1.53. The molecular formula is C37H40F4N4O2S. The van der Waals surface area contributed by atoms with Gasteiger partial charge in [-0.25, -0.2) is 4.39 Å². The van der Waals surface area contributed by atoms with Gasteiger partial charge in [0.2, 0.25) is 5.91 Å². The molecular weight excluding hydrogens is 640 g/mol. The number of alkyl halides is 3. The molecule has 4 aromatic rings. The average Bonchev–Trinajstić information content (AvgIpc) is 3.36. The minimum atomic E-state index is -5.46. The fourth-order valence-corrected chi connectivity index (χ4v) is 4.51. The van der Waals surface area contributed by atoms with E-state index in [1.807, 2.05) is 0 Å². The zero-order valence-corrected chi connectivity index (χ0v) is 26.0. The number of hydrogen-bond donors (Lipinski definition) is 0. The van der Waals surface area contributed by atoms with Crippen molar-refractivity contribution in [1.29, 1.82) is 0 Å². The second-order valence-corrected chi connectivity index (χ2v) is 10.3. The molecule has 0 saturated heterocycles. The molecule has 3 aromatic carbocycles. The number of likely N-dealkylation sites (N-methyl/N-ethyl adjacent to an activating group) is 1. The normalized spacial score (nSPS) is 26.7. The predicted molar refractivity (Wildman–Crippen MR) is 181 cm³/mol. The maximum atomic E-state index is 15.3. The van der Waals surface area contributed by atoms with Crippen LogP contribution >= 0.6 is 11.8 Å². The van der Waals surface area contributed by atoms with E-state index in [9.17, 15) is 27.8 Å². The van der Waals surface area contributed by atoms with Crippen molar-refractivity contribution in [3.63, 3.8) is 0 Å². The van der Waals surface area contributed by atoms with Gasteiger partial charge in [0, 0.05) is 48.8 Å². The smallest absolute Gasteiger partial charge is 0.336 e. The molecule has 1 unspecified atom stereocenters. The maximum Gasteiger partial charge on any atom is 0.416 e. The number of carbonyl (C=O) groups is 1. The molecule has 1 aliphatic carbocycles. The van der Waals surface area contributed by atoms with Crippen LogP contribution in [0.3, 0.4) is 0 Å². The third-order valence-corrected chi connectivity index (χ3v) is 6.99. The first-order valence-electron chi connectivity index (χ1n) is 26.3. The molecule has 0 aliphatic heterocycles. The Balaban J connectivity index is 1.91. The van der Waals surface area contributed by atoms with Crippen molar-refractivity contribution in [3.8, 4) is 11.1 Å². The fourth-order valence-electron chi connectivity index (χ4n) is 3.86. The number of thioether (sulfide) groups is 1. The molecule has 0 bridgehead atoms. The summed E-state index contributed by atoms with van der Waals surface area (Å²) in [6, 6.07) is -17.4. The number of nitrogens with zero attached hydrogens (tertiary/aromatic N) is 4. The summed E-state index contributed by atoms with van der Waals surface area (Å²) >= 11 is -0.552. The zero-order chi connectivity index (χ0) is 56.5. The van der Waals surface area contributed by atoms with Crippen molar-refractivity contribution in [1.82, 2.24) is 19.4 Å². The Labute approximate surface area is 317 Å². The van der Waals surface area contributed by atoms with E-state index in [2.05, 4.69) is 4.98 Å². The van der Waals surface area contributed by atoms with Crippen LogP contribution in [0.4, 0.5) is 17.6 Å². The van der Waals surface area contributed by atoms with Crippen molar-refractivity contribution >= 4 is 17.7 Å². The lowest BCUT2D eigenvalue weighted by Crippen LogP contribution is -2.40. The minimum Gasteiger partial charge on any atom is -0.336 e. The molecule has 254 valence electrons. The molecule has 1 aromatic heterocycles. The standard InChI is InChI=1S/C37H40F4N4O2S/c1-4-43(5-2)18-19-44(22-26-6-10-28(11-7-26)29-12-14-30(15-13-29)37(39,40)41)34(46)23-45-33-21-25(3)20-32(33)35(47)42-36(45)48-24-27-8-16-31(38)17-9-27/h6-17,25H,4-5,18-24H2,1-3H3/i6D,7D,8D,9D,10D,11D,12D,13D,14D,15D,16D,17D,18D2,19D2,20D2,21D2,23D2,24D2,25D. The van der Waals surface area contributed by atoms with Crippen LogP contribution in [0.15, 0.2) is 82.5 Å². The molecule has 0 radical (unpaired) electrons. The van der Waals surface area contributed by atoms with Gasteiger partial charge in [-0.1, -0.05) is 80.9 Å². The largest absolute Gasteiger partial charge is 0.416 e. The fraction of sp³-hybridized carbons (Fsp3) is 0.378. The Hall–Kier alpha value is -3.96. The number of carbonyl (C=O) groups excluding carboxylic acids is 1. The maximum absolute atomic E-state index is 15.3. The molecule has 48 heavy (non-hydrogen) atoms. The van der Waals surface area contributed by atoms with E-state index in [4.69, 9.17) is 28.8 Å². The highest BCUT2D eigenvalue weighted by molar-refractivity contribution is 7.98. The summed E-state index contributed by atoms with van der Waals surface area (Å²) in [5.74, 6) is -7.38. The van der Waals surface area contributed by atoms with E-state index < -0.39 is 202 Å². The van der Waals surface area contributed by atoms with Gasteiger partial charge in [-0.2, -0.15) is 18.2 Å². The van der Waals surface area contributed by atoms with Crippen LogP contribution in [0.1, 0.15) is 83.0 Å². The van der Waals surface area contributed by atoms with Gasteiger partial charge < -0.3 is 14.4 Å². The van der Waals surface area contributed by atoms with Gasteiger partial charge in [0.25, 0.3) is 5.56 Å². The number of aromatic nitrogens is 2. The van der Waals surface area contributed by atoms with Crippen LogP contribution in [-0.2, 0) is 42.5 Å². The lowest BCUT2D eigenvalue weighted by molar-refractivity contribution is -0.137. The molecule has 0 saturated carbocycles. The Morgan fingerprint density at radius 1 is 1.00 bits per heavy atom. The first-order valence-corrected chi connectivity index (χ1v) is 14.6. The van der Waals surface area contributed by atoms with Gasteiger partial charge in [0.15, 0.2) is 5.16 Å². The number of hydrogen-bond acceptors (Lipinski definition) is 5. The molecule has 1 heterocycles. The van der Waals surface area contributed by atoms with Gasteiger partial charge in [0.05, 0.1) is 27.5 Å². The summed E-state index contributed by atoms with van der Waals surface area (Å²) in [7, 11) is 0. The highest BCUT2D eigenvalue weighted by atomic mass is 32.2. The van der Waals surface area contributed by atoms with Crippen LogP contribution < -0.4 is 5.56 Å². The number of benzene rings is 3. The number of amides is 1. The van der Waals surface area contributed by atoms with Crippen LogP contribution in [-0.4, -0.2) is 51.3 Å². The molecule has 0 spiro atoms. The van der Waals surface area contributed by atoms with Crippen molar-refractivity contribution in [2.24, 2.45) is 5.89 Å². The van der Waals surface area contributed by atoms with E-state index in [0.717, 1.165) is 4.90 Å².